The van der Waals surface area contributed by atoms with Crippen molar-refractivity contribution in [3.63, 3.8) is 0 Å². The van der Waals surface area contributed by atoms with E-state index < -0.39 is 8.32 Å². The largest absolute Gasteiger partial charge is 0.407 e. The fourth-order valence-electron chi connectivity index (χ4n) is 9.02. The van der Waals surface area contributed by atoms with Crippen LogP contribution in [0.5, 0.6) is 0 Å². The van der Waals surface area contributed by atoms with E-state index in [1.165, 1.54) is 15.9 Å². The maximum absolute atomic E-state index is 7.27. The van der Waals surface area contributed by atoms with Gasteiger partial charge in [0, 0.05) is 30.8 Å². The third-order valence-electron chi connectivity index (χ3n) is 12.3. The summed E-state index contributed by atoms with van der Waals surface area (Å²) in [5.41, 5.74) is 1.21. The fraction of sp³-hybridized carbons (Fsp3) is 0.574. The topological polar surface area (TPSA) is 46.2 Å². The first-order chi connectivity index (χ1) is 25.5. The molecule has 3 aliphatic rings. The lowest BCUT2D eigenvalue weighted by Crippen LogP contribution is -2.67. The number of rotatable bonds is 16. The van der Waals surface area contributed by atoms with Crippen molar-refractivity contribution in [1.82, 2.24) is 0 Å². The predicted octanol–water partition coefficient (Wildman–Crippen LogP) is 9.67. The molecule has 3 aromatic rings. The number of hydrogen-bond donors (Lipinski definition) is 0. The molecule has 0 spiro atoms. The van der Waals surface area contributed by atoms with Gasteiger partial charge in [-0.2, -0.15) is 0 Å². The van der Waals surface area contributed by atoms with Gasteiger partial charge >= 0.3 is 0 Å². The Hall–Kier alpha value is -2.58. The van der Waals surface area contributed by atoms with E-state index in [1.807, 2.05) is 0 Å². The SMILES string of the molecule is C[C@@H]([C@@H]1CC[C@@H](C)O1)[C@@H](C[C@@H]1CC[C@H]([C@@H](C)/C=C\[C@@H]2CC[C@@H]([C@H](C)CO[Si](c3ccccc3)(c3ccccc3)C(C)(C)C)O2)O1)OCc1ccccc1. The van der Waals surface area contributed by atoms with E-state index >= 15 is 0 Å². The van der Waals surface area contributed by atoms with E-state index in [1.54, 1.807) is 0 Å². The van der Waals surface area contributed by atoms with Crippen LogP contribution in [0.15, 0.2) is 103 Å². The summed E-state index contributed by atoms with van der Waals surface area (Å²) in [7, 11) is -2.58. The van der Waals surface area contributed by atoms with E-state index in [-0.39, 0.29) is 41.7 Å². The molecule has 0 bridgehead atoms. The lowest BCUT2D eigenvalue weighted by molar-refractivity contribution is -0.0835. The fourth-order valence-corrected chi connectivity index (χ4v) is 13.7. The Morgan fingerprint density at radius 2 is 1.32 bits per heavy atom. The van der Waals surface area contributed by atoms with Gasteiger partial charge in [-0.3, -0.25) is 0 Å². The molecule has 10 atom stereocenters. The van der Waals surface area contributed by atoms with Gasteiger partial charge in [-0.1, -0.05) is 145 Å². The number of ether oxygens (including phenoxy) is 4. The Morgan fingerprint density at radius 3 is 1.92 bits per heavy atom. The Balaban J connectivity index is 1.02. The van der Waals surface area contributed by atoms with Crippen molar-refractivity contribution >= 4 is 18.7 Å². The van der Waals surface area contributed by atoms with Crippen molar-refractivity contribution in [3.05, 3.63) is 109 Å². The summed E-state index contributed by atoms with van der Waals surface area (Å²) in [6.07, 6.45) is 13.5. The monoisotopic (exact) mass is 738 g/mol. The second-order valence-corrected chi connectivity index (χ2v) is 21.7. The molecule has 288 valence electrons. The van der Waals surface area contributed by atoms with Crippen LogP contribution in [0.3, 0.4) is 0 Å². The van der Waals surface area contributed by atoms with E-state index in [4.69, 9.17) is 23.4 Å². The summed E-state index contributed by atoms with van der Waals surface area (Å²) < 4.78 is 33.7. The summed E-state index contributed by atoms with van der Waals surface area (Å²) in [6.45, 7) is 17.5. The molecular formula is C47H66O5Si. The average molecular weight is 739 g/mol. The van der Waals surface area contributed by atoms with Gasteiger partial charge in [0.2, 0.25) is 0 Å². The van der Waals surface area contributed by atoms with E-state index in [2.05, 4.69) is 152 Å². The summed E-state index contributed by atoms with van der Waals surface area (Å²) in [4.78, 5) is 0. The summed E-state index contributed by atoms with van der Waals surface area (Å²) in [5.74, 6) is 0.954. The van der Waals surface area contributed by atoms with Gasteiger partial charge in [-0.15, -0.1) is 0 Å². The predicted molar refractivity (Wildman–Crippen MR) is 219 cm³/mol. The van der Waals surface area contributed by atoms with Gasteiger partial charge in [0.1, 0.15) is 0 Å². The molecule has 6 rings (SSSR count). The van der Waals surface area contributed by atoms with E-state index in [0.29, 0.717) is 37.1 Å². The van der Waals surface area contributed by atoms with Crippen LogP contribution in [0, 0.1) is 17.8 Å². The van der Waals surface area contributed by atoms with Crippen LogP contribution in [-0.2, 0) is 30.0 Å². The maximum Gasteiger partial charge on any atom is 0.261 e. The van der Waals surface area contributed by atoms with Crippen molar-refractivity contribution in [3.8, 4) is 0 Å². The minimum atomic E-state index is -2.58. The van der Waals surface area contributed by atoms with Crippen LogP contribution in [0.4, 0.5) is 0 Å². The number of hydrogen-bond acceptors (Lipinski definition) is 5. The molecule has 0 aromatic heterocycles. The second-order valence-electron chi connectivity index (χ2n) is 17.4. The third-order valence-corrected chi connectivity index (χ3v) is 17.3. The molecular weight excluding hydrogens is 673 g/mol. The Kier molecular flexibility index (Phi) is 13.9. The van der Waals surface area contributed by atoms with Crippen LogP contribution in [0.1, 0.15) is 99.0 Å². The van der Waals surface area contributed by atoms with Crippen molar-refractivity contribution in [2.45, 2.75) is 148 Å². The zero-order chi connectivity index (χ0) is 37.4. The van der Waals surface area contributed by atoms with Gasteiger partial charge in [0.25, 0.3) is 8.32 Å². The van der Waals surface area contributed by atoms with E-state index in [0.717, 1.165) is 44.9 Å². The van der Waals surface area contributed by atoms with Gasteiger partial charge in [0.05, 0.1) is 49.3 Å². The van der Waals surface area contributed by atoms with E-state index in [9.17, 15) is 0 Å². The highest BCUT2D eigenvalue weighted by molar-refractivity contribution is 6.99. The van der Waals surface area contributed by atoms with Crippen LogP contribution in [0.2, 0.25) is 5.04 Å². The molecule has 3 aliphatic heterocycles. The van der Waals surface area contributed by atoms with Crippen LogP contribution >= 0.6 is 0 Å². The average Bonchev–Trinajstić information content (AvgIpc) is 3.95. The van der Waals surface area contributed by atoms with Crippen molar-refractivity contribution in [2.24, 2.45) is 17.8 Å². The quantitative estimate of drug-likeness (QED) is 0.108. The standard InChI is InChI=1S/C47H66O5Si/c1-34(43-30-27-40(52-43)31-46(37(4)45-28-24-36(3)50-45)48-33-38-17-11-8-12-18-38)23-25-39-26-29-44(51-39)35(2)32-49-53(47(5,6)7,41-19-13-9-14-20-41)42-21-15-10-16-22-42/h8-23,25,34-37,39-40,43-46H,24,26-33H2,1-7H3/b25-23-/t34-,35+,36+,37-,39+,40-,43+,44-,45-,46+/m0/s1. The summed E-state index contributed by atoms with van der Waals surface area (Å²) >= 11 is 0. The zero-order valence-corrected chi connectivity index (χ0v) is 34.5. The minimum absolute atomic E-state index is 0.0356. The van der Waals surface area contributed by atoms with Crippen LogP contribution < -0.4 is 10.4 Å². The smallest absolute Gasteiger partial charge is 0.261 e. The molecule has 3 saturated heterocycles. The van der Waals surface area contributed by atoms with Crippen molar-refractivity contribution in [2.75, 3.05) is 6.61 Å². The molecule has 0 radical (unpaired) electrons. The van der Waals surface area contributed by atoms with Crippen molar-refractivity contribution < 1.29 is 23.4 Å². The number of benzene rings is 3. The molecule has 0 unspecified atom stereocenters. The van der Waals surface area contributed by atoms with Gasteiger partial charge < -0.3 is 23.4 Å². The molecule has 53 heavy (non-hydrogen) atoms. The molecule has 0 aliphatic carbocycles. The lowest BCUT2D eigenvalue weighted by Gasteiger charge is -2.43. The third kappa shape index (κ3) is 10.00. The highest BCUT2D eigenvalue weighted by Gasteiger charge is 2.50. The zero-order valence-electron chi connectivity index (χ0n) is 33.5. The normalized spacial score (nSPS) is 27.6. The summed E-state index contributed by atoms with van der Waals surface area (Å²) in [6, 6.07) is 32.4. The molecule has 5 nitrogen and oxygen atoms in total. The Morgan fingerprint density at radius 1 is 0.717 bits per heavy atom. The molecule has 6 heteroatoms. The first-order valence-electron chi connectivity index (χ1n) is 20.6. The molecule has 0 saturated carbocycles. The molecule has 0 N–H and O–H groups in total. The highest BCUT2D eigenvalue weighted by Crippen LogP contribution is 2.38. The molecule has 0 amide bonds. The first-order valence-corrected chi connectivity index (χ1v) is 22.5. The maximum atomic E-state index is 7.27. The van der Waals surface area contributed by atoms with Crippen LogP contribution in [0.25, 0.3) is 0 Å². The van der Waals surface area contributed by atoms with Gasteiger partial charge in [-0.05, 0) is 66.4 Å². The first kappa shape index (κ1) is 40.1. The lowest BCUT2D eigenvalue weighted by atomic mass is 9.91. The Labute approximate surface area is 321 Å². The molecule has 3 heterocycles. The van der Waals surface area contributed by atoms with Gasteiger partial charge in [0.15, 0.2) is 0 Å². The summed E-state index contributed by atoms with van der Waals surface area (Å²) in [5, 5.41) is 2.62. The highest BCUT2D eigenvalue weighted by atomic mass is 28.4. The molecule has 3 fully saturated rings. The van der Waals surface area contributed by atoms with Crippen molar-refractivity contribution in [1.29, 1.82) is 0 Å². The second kappa shape index (κ2) is 18.4. The van der Waals surface area contributed by atoms with Gasteiger partial charge in [-0.25, -0.2) is 0 Å². The minimum Gasteiger partial charge on any atom is -0.407 e. The Bertz CT molecular complexity index is 1500. The van der Waals surface area contributed by atoms with Crippen LogP contribution in [-0.4, -0.2) is 57.7 Å². The molecule has 3 aromatic carbocycles.